The number of benzene rings is 3. The van der Waals surface area contributed by atoms with Crippen LogP contribution in [0.4, 0.5) is 4.39 Å². The Kier molecular flexibility index (Phi) is 10.7. The minimum atomic E-state index is -0.286. The number of rotatable bonds is 13. The van der Waals surface area contributed by atoms with E-state index >= 15 is 0 Å². The van der Waals surface area contributed by atoms with Crippen LogP contribution in [0.5, 0.6) is 5.75 Å². The molecule has 1 saturated heterocycles. The first kappa shape index (κ1) is 27.0. The van der Waals surface area contributed by atoms with Gasteiger partial charge in [0.2, 0.25) is 0 Å². The van der Waals surface area contributed by atoms with Crippen molar-refractivity contribution in [2.24, 2.45) is 0 Å². The van der Waals surface area contributed by atoms with E-state index in [1.54, 1.807) is 12.1 Å². The van der Waals surface area contributed by atoms with Crippen LogP contribution >= 0.6 is 0 Å². The summed E-state index contributed by atoms with van der Waals surface area (Å²) in [4.78, 5) is 0. The van der Waals surface area contributed by atoms with Gasteiger partial charge in [-0.25, -0.2) is 4.39 Å². The molecule has 1 aliphatic rings. The fourth-order valence-electron chi connectivity index (χ4n) is 4.42. The molecule has 0 saturated carbocycles. The van der Waals surface area contributed by atoms with Gasteiger partial charge in [-0.2, -0.15) is 0 Å². The van der Waals surface area contributed by atoms with Gasteiger partial charge in [0, 0.05) is 13.2 Å². The summed E-state index contributed by atoms with van der Waals surface area (Å²) < 4.78 is 36.4. The van der Waals surface area contributed by atoms with E-state index in [0.29, 0.717) is 32.8 Å². The van der Waals surface area contributed by atoms with Crippen molar-refractivity contribution in [2.75, 3.05) is 39.6 Å². The fraction of sp³-hybridized carbons (Fsp3) is 0.355. The van der Waals surface area contributed by atoms with Gasteiger partial charge in [0.1, 0.15) is 18.2 Å². The first-order chi connectivity index (χ1) is 18.2. The minimum absolute atomic E-state index is 0.00877. The van der Waals surface area contributed by atoms with Gasteiger partial charge in [0.25, 0.3) is 0 Å². The summed E-state index contributed by atoms with van der Waals surface area (Å²) in [5.74, 6) is 0.451. The highest BCUT2D eigenvalue weighted by molar-refractivity contribution is 5.98. The summed E-state index contributed by atoms with van der Waals surface area (Å²) in [7, 11) is 0. The molecule has 6 heteroatoms. The zero-order chi connectivity index (χ0) is 25.7. The van der Waals surface area contributed by atoms with Crippen molar-refractivity contribution in [3.05, 3.63) is 101 Å². The van der Waals surface area contributed by atoms with E-state index in [-0.39, 0.29) is 18.7 Å². The molecule has 1 heterocycles. The lowest BCUT2D eigenvalue weighted by molar-refractivity contribution is -0.169. The van der Waals surface area contributed by atoms with E-state index in [1.807, 2.05) is 54.6 Å². The fourth-order valence-corrected chi connectivity index (χ4v) is 4.42. The van der Waals surface area contributed by atoms with E-state index in [1.165, 1.54) is 12.1 Å². The van der Waals surface area contributed by atoms with E-state index in [4.69, 9.17) is 18.9 Å². The Hall–Kier alpha value is -3.03. The van der Waals surface area contributed by atoms with Gasteiger partial charge in [-0.15, -0.1) is 0 Å². The summed E-state index contributed by atoms with van der Waals surface area (Å²) in [6.07, 6.45) is 3.58. The predicted molar refractivity (Wildman–Crippen MR) is 143 cm³/mol. The van der Waals surface area contributed by atoms with Crippen LogP contribution in [0.3, 0.4) is 0 Å². The first-order valence-electron chi connectivity index (χ1n) is 12.9. The van der Waals surface area contributed by atoms with Crippen molar-refractivity contribution >= 4 is 11.1 Å². The number of hydrogen-bond acceptors (Lipinski definition) is 5. The topological polar surface area (TPSA) is 57.2 Å². The quantitative estimate of drug-likeness (QED) is 0.224. The molecule has 0 aromatic heterocycles. The summed E-state index contributed by atoms with van der Waals surface area (Å²) in [6, 6.07) is 24.3. The van der Waals surface area contributed by atoms with Gasteiger partial charge in [0.15, 0.2) is 6.29 Å². The molecule has 1 unspecified atom stereocenters. The standard InChI is InChI=1S/C31H35FO5/c32-27-13-9-25(10-14-27)31(29(17-18-33)24-6-2-1-3-7-24)26-11-15-28(16-12-26)35-22-20-34-21-23-37-30-8-4-5-19-36-30/h1-3,6-7,9-16,30,33H,4-5,8,17-23H2. The van der Waals surface area contributed by atoms with Crippen molar-refractivity contribution in [2.45, 2.75) is 32.0 Å². The molecular weight excluding hydrogens is 471 g/mol. The lowest BCUT2D eigenvalue weighted by atomic mass is 9.88. The van der Waals surface area contributed by atoms with E-state index in [0.717, 1.165) is 59.5 Å². The Morgan fingerprint density at radius 1 is 0.811 bits per heavy atom. The van der Waals surface area contributed by atoms with Crippen molar-refractivity contribution in [1.82, 2.24) is 0 Å². The van der Waals surface area contributed by atoms with Gasteiger partial charge in [-0.3, -0.25) is 0 Å². The van der Waals surface area contributed by atoms with Crippen LogP contribution in [-0.2, 0) is 14.2 Å². The zero-order valence-electron chi connectivity index (χ0n) is 21.1. The third-order valence-electron chi connectivity index (χ3n) is 6.23. The number of aliphatic hydroxyl groups is 1. The van der Waals surface area contributed by atoms with Crippen molar-refractivity contribution in [3.8, 4) is 5.75 Å². The maximum atomic E-state index is 13.7. The van der Waals surface area contributed by atoms with E-state index < -0.39 is 0 Å². The second-order valence-corrected chi connectivity index (χ2v) is 8.85. The van der Waals surface area contributed by atoms with Crippen LogP contribution in [0.15, 0.2) is 78.9 Å². The van der Waals surface area contributed by atoms with Crippen LogP contribution in [0.1, 0.15) is 42.4 Å². The summed E-state index contributed by atoms with van der Waals surface area (Å²) >= 11 is 0. The van der Waals surface area contributed by atoms with Gasteiger partial charge in [-0.1, -0.05) is 54.6 Å². The molecular formula is C31H35FO5. The number of halogens is 1. The second-order valence-electron chi connectivity index (χ2n) is 8.85. The van der Waals surface area contributed by atoms with Crippen molar-refractivity contribution in [1.29, 1.82) is 0 Å². The lowest BCUT2D eigenvalue weighted by Crippen LogP contribution is -2.24. The molecule has 1 N–H and O–H groups in total. The normalized spacial score (nSPS) is 16.3. The SMILES string of the molecule is OCCC(=C(c1ccc(F)cc1)c1ccc(OCCOCCOC2CCCCO2)cc1)c1ccccc1. The third-order valence-corrected chi connectivity index (χ3v) is 6.23. The molecule has 1 aliphatic heterocycles. The molecule has 37 heavy (non-hydrogen) atoms. The molecule has 5 nitrogen and oxygen atoms in total. The Bertz CT molecular complexity index is 1090. The van der Waals surface area contributed by atoms with Crippen LogP contribution < -0.4 is 4.74 Å². The van der Waals surface area contributed by atoms with E-state index in [9.17, 15) is 9.50 Å². The van der Waals surface area contributed by atoms with Gasteiger partial charge >= 0.3 is 0 Å². The Labute approximate surface area is 218 Å². The highest BCUT2D eigenvalue weighted by Crippen LogP contribution is 2.35. The van der Waals surface area contributed by atoms with Crippen LogP contribution in [-0.4, -0.2) is 51.0 Å². The molecule has 196 valence electrons. The molecule has 0 bridgehead atoms. The first-order valence-corrected chi connectivity index (χ1v) is 12.9. The Morgan fingerprint density at radius 3 is 2.19 bits per heavy atom. The third kappa shape index (κ3) is 8.23. The number of aliphatic hydroxyl groups excluding tert-OH is 1. The van der Waals surface area contributed by atoms with Gasteiger partial charge < -0.3 is 24.1 Å². The monoisotopic (exact) mass is 506 g/mol. The summed E-state index contributed by atoms with van der Waals surface area (Å²) in [6.45, 7) is 2.69. The largest absolute Gasteiger partial charge is 0.491 e. The van der Waals surface area contributed by atoms with Crippen molar-refractivity contribution in [3.63, 3.8) is 0 Å². The maximum absolute atomic E-state index is 13.7. The Morgan fingerprint density at radius 2 is 1.51 bits per heavy atom. The molecule has 1 atom stereocenters. The van der Waals surface area contributed by atoms with Crippen LogP contribution in [0.2, 0.25) is 0 Å². The summed E-state index contributed by atoms with van der Waals surface area (Å²) in [5.41, 5.74) is 4.82. The van der Waals surface area contributed by atoms with Crippen molar-refractivity contribution < 1.29 is 28.4 Å². The number of hydrogen-bond donors (Lipinski definition) is 1. The molecule has 0 amide bonds. The average molecular weight is 507 g/mol. The molecule has 0 aliphatic carbocycles. The number of ether oxygens (including phenoxy) is 4. The summed E-state index contributed by atoms with van der Waals surface area (Å²) in [5, 5.41) is 9.83. The average Bonchev–Trinajstić information content (AvgIpc) is 2.95. The minimum Gasteiger partial charge on any atom is -0.491 e. The molecule has 3 aromatic carbocycles. The lowest BCUT2D eigenvalue weighted by Gasteiger charge is -2.22. The predicted octanol–water partition coefficient (Wildman–Crippen LogP) is 6.11. The molecule has 4 rings (SSSR count). The van der Waals surface area contributed by atoms with Gasteiger partial charge in [-0.05, 0) is 77.8 Å². The maximum Gasteiger partial charge on any atom is 0.157 e. The zero-order valence-corrected chi connectivity index (χ0v) is 21.1. The van der Waals surface area contributed by atoms with Crippen LogP contribution in [0, 0.1) is 5.82 Å². The highest BCUT2D eigenvalue weighted by Gasteiger charge is 2.15. The van der Waals surface area contributed by atoms with E-state index in [2.05, 4.69) is 0 Å². The highest BCUT2D eigenvalue weighted by atomic mass is 19.1. The second kappa shape index (κ2) is 14.6. The molecule has 3 aromatic rings. The molecule has 1 fully saturated rings. The molecule has 0 radical (unpaired) electrons. The molecule has 0 spiro atoms. The van der Waals surface area contributed by atoms with Crippen LogP contribution in [0.25, 0.3) is 11.1 Å². The van der Waals surface area contributed by atoms with Gasteiger partial charge in [0.05, 0.1) is 19.8 Å². The Balaban J connectivity index is 1.39. The smallest absolute Gasteiger partial charge is 0.157 e.